The highest BCUT2D eigenvalue weighted by atomic mass is 32.2. The smallest absolute Gasteiger partial charge is 0.327 e. The second kappa shape index (κ2) is 6.49. The van der Waals surface area contributed by atoms with Crippen molar-refractivity contribution in [3.05, 3.63) is 35.4 Å². The maximum Gasteiger partial charge on any atom is 0.327 e. The van der Waals surface area contributed by atoms with Crippen molar-refractivity contribution in [2.24, 2.45) is 0 Å². The van der Waals surface area contributed by atoms with Gasteiger partial charge in [-0.15, -0.1) is 0 Å². The average Bonchev–Trinajstić information content (AvgIpc) is 2.36. The van der Waals surface area contributed by atoms with Crippen molar-refractivity contribution in [3.8, 4) is 0 Å². The zero-order valence-corrected chi connectivity index (χ0v) is 11.6. The Morgan fingerprint density at radius 3 is 2.50 bits per heavy atom. The second-order valence-electron chi connectivity index (χ2n) is 4.17. The monoisotopic (exact) mass is 301 g/mol. The van der Waals surface area contributed by atoms with Gasteiger partial charge in [0.15, 0.2) is 0 Å². The summed E-state index contributed by atoms with van der Waals surface area (Å²) in [7, 11) is -4.50. The molecule has 0 fully saturated rings. The van der Waals surface area contributed by atoms with Crippen LogP contribution in [-0.4, -0.2) is 41.7 Å². The maximum atomic E-state index is 11.9. The van der Waals surface area contributed by atoms with Crippen molar-refractivity contribution < 1.29 is 27.7 Å². The van der Waals surface area contributed by atoms with Crippen LogP contribution in [0.3, 0.4) is 0 Å². The number of carbonyl (C=O) groups is 2. The number of hydrogen-bond donors (Lipinski definition) is 3. The normalized spacial score (nSPS) is 12.7. The number of nitrogens with one attached hydrogen (secondary N) is 1. The third-order valence-electron chi connectivity index (χ3n) is 2.58. The van der Waals surface area contributed by atoms with Crippen molar-refractivity contribution in [1.82, 2.24) is 5.32 Å². The quantitative estimate of drug-likeness (QED) is 0.651. The van der Waals surface area contributed by atoms with Gasteiger partial charge in [-0.1, -0.05) is 19.1 Å². The standard InChI is InChI=1S/C12H15NO6S/c1-2-8-4-3-5-9(6-8)11(14)13-10(12(15)16)7-20(17,18)19/h3-6,10H,2,7H2,1H3,(H,13,14)(H,15,16)(H,17,18,19). The lowest BCUT2D eigenvalue weighted by molar-refractivity contribution is -0.138. The topological polar surface area (TPSA) is 121 Å². The van der Waals surface area contributed by atoms with E-state index < -0.39 is 33.8 Å². The predicted molar refractivity (Wildman–Crippen MR) is 71.1 cm³/mol. The van der Waals surface area contributed by atoms with Gasteiger partial charge in [0, 0.05) is 5.56 Å². The van der Waals surface area contributed by atoms with Gasteiger partial charge in [-0.25, -0.2) is 4.79 Å². The van der Waals surface area contributed by atoms with E-state index in [9.17, 15) is 18.0 Å². The fraction of sp³-hybridized carbons (Fsp3) is 0.333. The fourth-order valence-corrected chi connectivity index (χ4v) is 2.21. The molecule has 1 atom stereocenters. The number of carboxylic acids is 1. The molecule has 1 rings (SSSR count). The minimum Gasteiger partial charge on any atom is -0.480 e. The second-order valence-corrected chi connectivity index (χ2v) is 5.66. The molecular formula is C12H15NO6S. The first-order valence-corrected chi connectivity index (χ1v) is 7.41. The van der Waals surface area contributed by atoms with Gasteiger partial charge in [0.25, 0.3) is 16.0 Å². The van der Waals surface area contributed by atoms with Gasteiger partial charge in [-0.05, 0) is 24.1 Å². The number of rotatable bonds is 6. The van der Waals surface area contributed by atoms with Crippen LogP contribution in [0.15, 0.2) is 24.3 Å². The van der Waals surface area contributed by atoms with Crippen LogP contribution in [0.25, 0.3) is 0 Å². The summed E-state index contributed by atoms with van der Waals surface area (Å²) in [6.07, 6.45) is 0.703. The molecule has 0 radical (unpaired) electrons. The molecule has 1 amide bonds. The molecule has 7 nitrogen and oxygen atoms in total. The number of carboxylic acid groups (broad SMARTS) is 1. The molecule has 3 N–H and O–H groups in total. The maximum absolute atomic E-state index is 11.9. The van der Waals surface area contributed by atoms with Crippen LogP contribution in [0.5, 0.6) is 0 Å². The molecule has 0 saturated heterocycles. The largest absolute Gasteiger partial charge is 0.480 e. The van der Waals surface area contributed by atoms with Crippen molar-refractivity contribution in [1.29, 1.82) is 0 Å². The summed E-state index contributed by atoms with van der Waals surface area (Å²) in [5, 5.41) is 10.9. The van der Waals surface area contributed by atoms with E-state index in [0.29, 0.717) is 6.42 Å². The molecule has 0 aliphatic rings. The van der Waals surface area contributed by atoms with E-state index in [1.54, 1.807) is 12.1 Å². The first-order chi connectivity index (χ1) is 9.23. The van der Waals surface area contributed by atoms with Crippen LogP contribution in [0.4, 0.5) is 0 Å². The summed E-state index contributed by atoms with van der Waals surface area (Å²) in [5.74, 6) is -3.33. The number of hydrogen-bond acceptors (Lipinski definition) is 4. The summed E-state index contributed by atoms with van der Waals surface area (Å²) in [6, 6.07) is 4.82. The molecular weight excluding hydrogens is 286 g/mol. The van der Waals surface area contributed by atoms with Gasteiger partial charge in [0.1, 0.15) is 11.8 Å². The Morgan fingerprint density at radius 1 is 1.35 bits per heavy atom. The molecule has 0 aliphatic heterocycles. The summed E-state index contributed by atoms with van der Waals surface area (Å²) in [4.78, 5) is 22.7. The minimum absolute atomic E-state index is 0.228. The van der Waals surface area contributed by atoms with Crippen molar-refractivity contribution in [2.75, 3.05) is 5.75 Å². The molecule has 20 heavy (non-hydrogen) atoms. The molecule has 1 aromatic rings. The Hall–Kier alpha value is -1.93. The van der Waals surface area contributed by atoms with Crippen molar-refractivity contribution in [2.45, 2.75) is 19.4 Å². The van der Waals surface area contributed by atoms with E-state index in [-0.39, 0.29) is 5.56 Å². The number of carbonyl (C=O) groups excluding carboxylic acids is 1. The molecule has 0 saturated carbocycles. The van der Waals surface area contributed by atoms with E-state index in [0.717, 1.165) is 5.56 Å². The van der Waals surface area contributed by atoms with Gasteiger partial charge in [0.2, 0.25) is 0 Å². The Bertz CT molecular complexity index is 610. The molecule has 1 aromatic carbocycles. The number of amides is 1. The minimum atomic E-state index is -4.50. The van der Waals surface area contributed by atoms with Crippen LogP contribution in [0, 0.1) is 0 Å². The fourth-order valence-electron chi connectivity index (χ4n) is 1.56. The molecule has 110 valence electrons. The Kier molecular flexibility index (Phi) is 5.23. The van der Waals surface area contributed by atoms with E-state index in [4.69, 9.17) is 9.66 Å². The third kappa shape index (κ3) is 4.98. The van der Waals surface area contributed by atoms with E-state index >= 15 is 0 Å². The summed E-state index contributed by atoms with van der Waals surface area (Å²) >= 11 is 0. The summed E-state index contributed by atoms with van der Waals surface area (Å²) in [5.41, 5.74) is 1.12. The van der Waals surface area contributed by atoms with Gasteiger partial charge >= 0.3 is 5.97 Å². The molecule has 0 bridgehead atoms. The Labute approximate surface area is 116 Å². The first kappa shape index (κ1) is 16.1. The van der Waals surface area contributed by atoms with Crippen molar-refractivity contribution >= 4 is 22.0 Å². The lowest BCUT2D eigenvalue weighted by Gasteiger charge is -2.13. The third-order valence-corrected chi connectivity index (χ3v) is 3.33. The summed E-state index contributed by atoms with van der Waals surface area (Å²) in [6.45, 7) is 1.90. The van der Waals surface area contributed by atoms with E-state index in [1.807, 2.05) is 13.0 Å². The predicted octanol–water partition coefficient (Wildman–Crippen LogP) is 0.320. The molecule has 0 aliphatic carbocycles. The van der Waals surface area contributed by atoms with Crippen LogP contribution in [0.1, 0.15) is 22.8 Å². The van der Waals surface area contributed by atoms with Crippen LogP contribution in [-0.2, 0) is 21.3 Å². The van der Waals surface area contributed by atoms with Gasteiger partial charge in [-0.2, -0.15) is 8.42 Å². The number of benzene rings is 1. The summed E-state index contributed by atoms with van der Waals surface area (Å²) < 4.78 is 30.1. The zero-order chi connectivity index (χ0) is 15.3. The van der Waals surface area contributed by atoms with Crippen LogP contribution in [0.2, 0.25) is 0 Å². The highest BCUT2D eigenvalue weighted by Gasteiger charge is 2.26. The van der Waals surface area contributed by atoms with Gasteiger partial charge < -0.3 is 10.4 Å². The van der Waals surface area contributed by atoms with E-state index in [2.05, 4.69) is 5.32 Å². The molecule has 8 heteroatoms. The highest BCUT2D eigenvalue weighted by molar-refractivity contribution is 7.85. The van der Waals surface area contributed by atoms with Crippen LogP contribution < -0.4 is 5.32 Å². The van der Waals surface area contributed by atoms with Gasteiger partial charge in [-0.3, -0.25) is 9.35 Å². The Morgan fingerprint density at radius 2 is 2.00 bits per heavy atom. The zero-order valence-electron chi connectivity index (χ0n) is 10.7. The highest BCUT2D eigenvalue weighted by Crippen LogP contribution is 2.06. The van der Waals surface area contributed by atoms with E-state index in [1.165, 1.54) is 6.07 Å². The number of aryl methyl sites for hydroxylation is 1. The SMILES string of the molecule is CCc1cccc(C(=O)NC(CS(=O)(=O)O)C(=O)O)c1. The lowest BCUT2D eigenvalue weighted by atomic mass is 10.1. The molecule has 1 unspecified atom stereocenters. The molecule has 0 heterocycles. The van der Waals surface area contributed by atoms with Gasteiger partial charge in [0.05, 0.1) is 0 Å². The van der Waals surface area contributed by atoms with Crippen LogP contribution >= 0.6 is 0 Å². The lowest BCUT2D eigenvalue weighted by Crippen LogP contribution is -2.45. The first-order valence-electron chi connectivity index (χ1n) is 5.80. The molecule has 0 spiro atoms. The van der Waals surface area contributed by atoms with Crippen molar-refractivity contribution in [3.63, 3.8) is 0 Å². The Balaban J connectivity index is 2.88. The molecule has 0 aromatic heterocycles. The number of aliphatic carboxylic acids is 1. The average molecular weight is 301 g/mol.